The molecule has 0 aromatic carbocycles. The van der Waals surface area contributed by atoms with Crippen LogP contribution in [0, 0.1) is 0 Å². The highest BCUT2D eigenvalue weighted by atomic mass is 79.9. The minimum Gasteiger partial charge on any atom is -0.383 e. The molecule has 0 spiro atoms. The number of methoxy groups -OCH3 is 1. The molecule has 1 atom stereocenters. The summed E-state index contributed by atoms with van der Waals surface area (Å²) >= 11 is 3.26. The maximum Gasteiger partial charge on any atom is 0.279 e. The largest absolute Gasteiger partial charge is 0.383 e. The molecule has 0 aromatic rings. The number of alkyl halides is 1. The van der Waals surface area contributed by atoms with E-state index in [0.29, 0.717) is 13.0 Å². The molecule has 0 aromatic heterocycles. The lowest BCUT2D eigenvalue weighted by molar-refractivity contribution is 0.173. The second-order valence-electron chi connectivity index (χ2n) is 3.04. The van der Waals surface area contributed by atoms with Gasteiger partial charge in [0, 0.05) is 32.6 Å². The van der Waals surface area contributed by atoms with Crippen LogP contribution in [-0.2, 0) is 14.9 Å². The molecule has 5 nitrogen and oxygen atoms in total. The van der Waals surface area contributed by atoms with Crippen molar-refractivity contribution in [3.63, 3.8) is 0 Å². The standard InChI is InChI=1S/C7H17BrN2O3S/c1-10(2)14(11,12)9-7(4-5-8)6-13-3/h7,9H,4-6H2,1-3H3. The zero-order valence-corrected chi connectivity index (χ0v) is 11.1. The highest BCUT2D eigenvalue weighted by Crippen LogP contribution is 2.00. The van der Waals surface area contributed by atoms with Crippen molar-refractivity contribution >= 4 is 26.1 Å². The first-order chi connectivity index (χ1) is 6.44. The average Bonchev–Trinajstić information content (AvgIpc) is 2.04. The molecule has 0 aliphatic carbocycles. The van der Waals surface area contributed by atoms with Crippen LogP contribution in [0.1, 0.15) is 6.42 Å². The summed E-state index contributed by atoms with van der Waals surface area (Å²) in [5, 5.41) is 0.733. The predicted molar refractivity (Wildman–Crippen MR) is 59.8 cm³/mol. The Labute approximate surface area is 94.1 Å². The summed E-state index contributed by atoms with van der Waals surface area (Å²) in [7, 11) is 1.16. The third-order valence-electron chi connectivity index (χ3n) is 1.62. The number of hydrogen-bond donors (Lipinski definition) is 1. The smallest absolute Gasteiger partial charge is 0.279 e. The van der Waals surface area contributed by atoms with Gasteiger partial charge in [0.25, 0.3) is 10.2 Å². The van der Waals surface area contributed by atoms with Crippen molar-refractivity contribution in [1.29, 1.82) is 0 Å². The number of ether oxygens (including phenoxy) is 1. The molecule has 0 radical (unpaired) electrons. The molecule has 0 aliphatic rings. The van der Waals surface area contributed by atoms with Gasteiger partial charge in [-0.05, 0) is 6.42 Å². The van der Waals surface area contributed by atoms with Gasteiger partial charge in [0.15, 0.2) is 0 Å². The highest BCUT2D eigenvalue weighted by molar-refractivity contribution is 9.09. The quantitative estimate of drug-likeness (QED) is 0.680. The first-order valence-electron chi connectivity index (χ1n) is 4.18. The second-order valence-corrected chi connectivity index (χ2v) is 5.74. The molecule has 14 heavy (non-hydrogen) atoms. The molecular formula is C7H17BrN2O3S. The van der Waals surface area contributed by atoms with Gasteiger partial charge in [0.05, 0.1) is 6.61 Å². The Morgan fingerprint density at radius 3 is 2.43 bits per heavy atom. The van der Waals surface area contributed by atoms with E-state index in [0.717, 1.165) is 9.64 Å². The van der Waals surface area contributed by atoms with Gasteiger partial charge in [0.2, 0.25) is 0 Å². The third kappa shape index (κ3) is 5.26. The van der Waals surface area contributed by atoms with Crippen molar-refractivity contribution in [2.45, 2.75) is 12.5 Å². The Hall–Kier alpha value is 0.310. The van der Waals surface area contributed by atoms with E-state index in [9.17, 15) is 8.42 Å². The highest BCUT2D eigenvalue weighted by Gasteiger charge is 2.18. The van der Waals surface area contributed by atoms with E-state index in [-0.39, 0.29) is 6.04 Å². The van der Waals surface area contributed by atoms with Crippen LogP contribution in [0.5, 0.6) is 0 Å². The fourth-order valence-electron chi connectivity index (χ4n) is 0.825. The lowest BCUT2D eigenvalue weighted by Gasteiger charge is -2.19. The second kappa shape index (κ2) is 6.73. The molecule has 0 saturated heterocycles. The van der Waals surface area contributed by atoms with Gasteiger partial charge >= 0.3 is 0 Å². The van der Waals surface area contributed by atoms with Crippen LogP contribution < -0.4 is 4.72 Å². The van der Waals surface area contributed by atoms with Crippen LogP contribution in [-0.4, -0.2) is 51.9 Å². The van der Waals surface area contributed by atoms with Crippen LogP contribution in [0.4, 0.5) is 0 Å². The van der Waals surface area contributed by atoms with Crippen LogP contribution in [0.3, 0.4) is 0 Å². The van der Waals surface area contributed by atoms with Gasteiger partial charge in [0.1, 0.15) is 0 Å². The zero-order chi connectivity index (χ0) is 11.2. The van der Waals surface area contributed by atoms with Crippen LogP contribution >= 0.6 is 15.9 Å². The van der Waals surface area contributed by atoms with Crippen molar-refractivity contribution in [1.82, 2.24) is 9.03 Å². The minimum atomic E-state index is -3.36. The normalized spacial score (nSPS) is 14.6. The van der Waals surface area contributed by atoms with Gasteiger partial charge in [-0.3, -0.25) is 0 Å². The van der Waals surface area contributed by atoms with Crippen LogP contribution in [0.15, 0.2) is 0 Å². The maximum atomic E-state index is 11.4. The zero-order valence-electron chi connectivity index (χ0n) is 8.66. The molecule has 0 fully saturated rings. The summed E-state index contributed by atoms with van der Waals surface area (Å²) < 4.78 is 31.5. The Morgan fingerprint density at radius 2 is 2.07 bits per heavy atom. The molecule has 7 heteroatoms. The molecule has 0 heterocycles. The molecule has 0 aliphatic heterocycles. The first kappa shape index (κ1) is 14.3. The van der Waals surface area contributed by atoms with E-state index in [1.54, 1.807) is 7.11 Å². The van der Waals surface area contributed by atoms with Gasteiger partial charge in [-0.15, -0.1) is 0 Å². The number of hydrogen-bond acceptors (Lipinski definition) is 3. The fourth-order valence-corrected chi connectivity index (χ4v) is 2.20. The van der Waals surface area contributed by atoms with Crippen molar-refractivity contribution in [2.24, 2.45) is 0 Å². The molecule has 1 unspecified atom stereocenters. The monoisotopic (exact) mass is 288 g/mol. The lowest BCUT2D eigenvalue weighted by atomic mass is 10.3. The Bertz CT molecular complexity index is 237. The maximum absolute atomic E-state index is 11.4. The topological polar surface area (TPSA) is 58.6 Å². The van der Waals surface area contributed by atoms with Crippen molar-refractivity contribution in [2.75, 3.05) is 33.1 Å². The van der Waals surface area contributed by atoms with Crippen LogP contribution in [0.2, 0.25) is 0 Å². The van der Waals surface area contributed by atoms with E-state index in [2.05, 4.69) is 20.7 Å². The molecule has 0 rings (SSSR count). The number of nitrogens with zero attached hydrogens (tertiary/aromatic N) is 1. The third-order valence-corrected chi connectivity index (χ3v) is 3.67. The molecule has 1 N–H and O–H groups in total. The molecule has 86 valence electrons. The van der Waals surface area contributed by atoms with E-state index in [1.807, 2.05) is 0 Å². The summed E-state index contributed by atoms with van der Waals surface area (Å²) in [5.74, 6) is 0. The van der Waals surface area contributed by atoms with Gasteiger partial charge in [-0.1, -0.05) is 15.9 Å². The van der Waals surface area contributed by atoms with E-state index in [1.165, 1.54) is 14.1 Å². The van der Waals surface area contributed by atoms with Gasteiger partial charge in [-0.2, -0.15) is 17.4 Å². The van der Waals surface area contributed by atoms with Gasteiger partial charge < -0.3 is 4.74 Å². The molecular weight excluding hydrogens is 272 g/mol. The van der Waals surface area contributed by atoms with Crippen molar-refractivity contribution < 1.29 is 13.2 Å². The van der Waals surface area contributed by atoms with E-state index in [4.69, 9.17) is 4.74 Å². The summed E-state index contributed by atoms with van der Waals surface area (Å²) in [5.41, 5.74) is 0. The van der Waals surface area contributed by atoms with Crippen molar-refractivity contribution in [3.05, 3.63) is 0 Å². The molecule has 0 amide bonds. The number of halogens is 1. The number of rotatable bonds is 7. The SMILES string of the molecule is COCC(CCBr)NS(=O)(=O)N(C)C. The number of nitrogens with one attached hydrogen (secondary N) is 1. The van der Waals surface area contributed by atoms with Crippen LogP contribution in [0.25, 0.3) is 0 Å². The molecule has 0 saturated carbocycles. The van der Waals surface area contributed by atoms with Crippen molar-refractivity contribution in [3.8, 4) is 0 Å². The summed E-state index contributed by atoms with van der Waals surface area (Å²) in [6.45, 7) is 0.374. The predicted octanol–water partition coefficient (Wildman–Crippen LogP) is 0.182. The summed E-state index contributed by atoms with van der Waals surface area (Å²) in [4.78, 5) is 0. The summed E-state index contributed by atoms with van der Waals surface area (Å²) in [6, 6.07) is -0.188. The lowest BCUT2D eigenvalue weighted by Crippen LogP contribution is -2.44. The first-order valence-corrected chi connectivity index (χ1v) is 6.75. The average molecular weight is 289 g/mol. The van der Waals surface area contributed by atoms with E-state index < -0.39 is 10.2 Å². The minimum absolute atomic E-state index is 0.188. The fraction of sp³-hybridized carbons (Fsp3) is 1.00. The Balaban J connectivity index is 4.28. The van der Waals surface area contributed by atoms with E-state index >= 15 is 0 Å². The molecule has 0 bridgehead atoms. The van der Waals surface area contributed by atoms with Gasteiger partial charge in [-0.25, -0.2) is 0 Å². The Kier molecular flexibility index (Phi) is 6.88. The summed E-state index contributed by atoms with van der Waals surface area (Å²) in [6.07, 6.45) is 0.695. The Morgan fingerprint density at radius 1 is 1.50 bits per heavy atom.